The molecule has 0 saturated carbocycles. The van der Waals surface area contributed by atoms with Gasteiger partial charge < -0.3 is 9.47 Å². The Bertz CT molecular complexity index is 1770. The lowest BCUT2D eigenvalue weighted by Gasteiger charge is -2.17. The highest BCUT2D eigenvalue weighted by Gasteiger charge is 2.29. The van der Waals surface area contributed by atoms with Gasteiger partial charge in [0.05, 0.1) is 17.7 Å². The van der Waals surface area contributed by atoms with Gasteiger partial charge in [-0.1, -0.05) is 53.5 Å². The van der Waals surface area contributed by atoms with Gasteiger partial charge in [-0.2, -0.15) is 4.98 Å². The van der Waals surface area contributed by atoms with Gasteiger partial charge in [0.1, 0.15) is 17.4 Å². The van der Waals surface area contributed by atoms with Gasteiger partial charge in [0.2, 0.25) is 11.8 Å². The van der Waals surface area contributed by atoms with E-state index in [1.807, 2.05) is 36.4 Å². The van der Waals surface area contributed by atoms with E-state index in [4.69, 9.17) is 32.7 Å². The Hall–Kier alpha value is -4.27. The number of ether oxygens (including phenoxy) is 2. The van der Waals surface area contributed by atoms with Crippen molar-refractivity contribution in [1.29, 1.82) is 0 Å². The minimum absolute atomic E-state index is 0.155. The van der Waals surface area contributed by atoms with Crippen LogP contribution in [0, 0.1) is 0 Å². The van der Waals surface area contributed by atoms with Crippen LogP contribution in [0.2, 0.25) is 10.0 Å². The number of pyridine rings is 2. The minimum Gasteiger partial charge on any atom is -0.480 e. The summed E-state index contributed by atoms with van der Waals surface area (Å²) in [6, 6.07) is 16.6. The molecule has 1 aliphatic rings. The van der Waals surface area contributed by atoms with Crippen LogP contribution in [-0.2, 0) is 6.42 Å². The van der Waals surface area contributed by atoms with Crippen molar-refractivity contribution in [2.45, 2.75) is 18.9 Å². The average molecular weight is 559 g/mol. The molecule has 0 fully saturated rings. The van der Waals surface area contributed by atoms with Crippen molar-refractivity contribution < 1.29 is 19.1 Å². The minimum atomic E-state index is -0.286. The molecule has 10 heteroatoms. The van der Waals surface area contributed by atoms with Crippen molar-refractivity contribution in [1.82, 2.24) is 19.6 Å². The Labute approximate surface area is 233 Å². The fourth-order valence-corrected chi connectivity index (χ4v) is 5.44. The van der Waals surface area contributed by atoms with Crippen LogP contribution in [0.5, 0.6) is 11.8 Å². The first kappa shape index (κ1) is 25.0. The Kier molecular flexibility index (Phi) is 6.50. The molecule has 0 bridgehead atoms. The lowest BCUT2D eigenvalue weighted by molar-refractivity contribution is 0.111. The molecule has 194 valence electrons. The molecule has 5 aromatic rings. The molecule has 39 heavy (non-hydrogen) atoms. The van der Waals surface area contributed by atoms with Gasteiger partial charge in [0, 0.05) is 22.9 Å². The lowest BCUT2D eigenvalue weighted by Crippen LogP contribution is -2.07. The van der Waals surface area contributed by atoms with Gasteiger partial charge in [0.25, 0.3) is 0 Å². The van der Waals surface area contributed by atoms with Gasteiger partial charge in [-0.25, -0.2) is 9.50 Å². The lowest BCUT2D eigenvalue weighted by atomic mass is 9.95. The van der Waals surface area contributed by atoms with Crippen molar-refractivity contribution in [3.63, 3.8) is 0 Å². The van der Waals surface area contributed by atoms with E-state index in [0.29, 0.717) is 40.3 Å². The second-order valence-electron chi connectivity index (χ2n) is 8.99. The molecule has 0 N–H and O–H groups in total. The summed E-state index contributed by atoms with van der Waals surface area (Å²) in [6.07, 6.45) is 4.30. The summed E-state index contributed by atoms with van der Waals surface area (Å²) in [4.78, 5) is 31.3. The van der Waals surface area contributed by atoms with Crippen molar-refractivity contribution in [2.75, 3.05) is 7.11 Å². The second kappa shape index (κ2) is 10.1. The van der Waals surface area contributed by atoms with Crippen molar-refractivity contribution >= 4 is 41.4 Å². The summed E-state index contributed by atoms with van der Waals surface area (Å²) in [5.41, 5.74) is 5.99. The van der Waals surface area contributed by atoms with E-state index in [1.54, 1.807) is 22.8 Å². The second-order valence-corrected chi connectivity index (χ2v) is 9.78. The van der Waals surface area contributed by atoms with Crippen LogP contribution in [0.4, 0.5) is 0 Å². The number of rotatable bonds is 7. The standard InChI is InChI=1S/C29H20Cl2N4O4/c1-38-28-17(15-37)13-23(30)29(33-28)39-24-9-8-19-18(4-2-5-20(19)24)21-6-3-7-22(26(21)31)27-32-25-12-16(14-36)10-11-35(25)34-27/h2-7,10-15,24H,8-9H2,1H3/t24-/m0/s1. The maximum absolute atomic E-state index is 11.3. The predicted octanol–water partition coefficient (Wildman–Crippen LogP) is 6.47. The quantitative estimate of drug-likeness (QED) is 0.211. The van der Waals surface area contributed by atoms with E-state index < -0.39 is 0 Å². The summed E-state index contributed by atoms with van der Waals surface area (Å²) < 4.78 is 13.0. The third-order valence-electron chi connectivity index (χ3n) is 6.75. The van der Waals surface area contributed by atoms with Gasteiger partial charge in [-0.05, 0) is 53.8 Å². The molecule has 0 spiro atoms. The molecule has 0 saturated heterocycles. The summed E-state index contributed by atoms with van der Waals surface area (Å²) in [5, 5.41) is 5.32. The highest BCUT2D eigenvalue weighted by atomic mass is 35.5. The first-order valence-corrected chi connectivity index (χ1v) is 12.8. The molecule has 0 unspecified atom stereocenters. The number of hydrogen-bond acceptors (Lipinski definition) is 7. The van der Waals surface area contributed by atoms with Gasteiger partial charge in [-0.3, -0.25) is 9.59 Å². The molecule has 0 aliphatic heterocycles. The zero-order valence-corrected chi connectivity index (χ0v) is 22.1. The van der Waals surface area contributed by atoms with Crippen molar-refractivity contribution in [3.05, 3.63) is 93.1 Å². The normalized spacial score (nSPS) is 14.3. The number of halogens is 2. The van der Waals surface area contributed by atoms with Crippen LogP contribution in [0.1, 0.15) is 44.4 Å². The number of benzene rings is 2. The third kappa shape index (κ3) is 4.41. The third-order valence-corrected chi connectivity index (χ3v) is 7.43. The molecule has 6 rings (SSSR count). The smallest absolute Gasteiger partial charge is 0.236 e. The average Bonchev–Trinajstić information content (AvgIpc) is 3.57. The molecule has 3 heterocycles. The topological polar surface area (TPSA) is 95.7 Å². The zero-order valence-electron chi connectivity index (χ0n) is 20.6. The number of nitrogens with zero attached hydrogens (tertiary/aromatic N) is 4. The molecular weight excluding hydrogens is 539 g/mol. The Balaban J connectivity index is 1.36. The van der Waals surface area contributed by atoms with E-state index >= 15 is 0 Å². The summed E-state index contributed by atoms with van der Waals surface area (Å²) in [7, 11) is 1.44. The highest BCUT2D eigenvalue weighted by molar-refractivity contribution is 6.36. The van der Waals surface area contributed by atoms with E-state index in [1.165, 1.54) is 13.2 Å². The van der Waals surface area contributed by atoms with Crippen LogP contribution < -0.4 is 9.47 Å². The number of carbonyl (C=O) groups is 2. The number of fused-ring (bicyclic) bond motifs is 2. The molecule has 0 amide bonds. The van der Waals surface area contributed by atoms with Crippen molar-refractivity contribution in [3.8, 4) is 34.3 Å². The van der Waals surface area contributed by atoms with Crippen LogP contribution in [0.3, 0.4) is 0 Å². The van der Waals surface area contributed by atoms with Crippen molar-refractivity contribution in [2.24, 2.45) is 0 Å². The number of aromatic nitrogens is 4. The van der Waals surface area contributed by atoms with Crippen LogP contribution in [-0.4, -0.2) is 39.3 Å². The van der Waals surface area contributed by atoms with Gasteiger partial charge >= 0.3 is 0 Å². The largest absolute Gasteiger partial charge is 0.480 e. The zero-order chi connectivity index (χ0) is 27.1. The Morgan fingerprint density at radius 2 is 1.74 bits per heavy atom. The van der Waals surface area contributed by atoms with Gasteiger partial charge in [-0.15, -0.1) is 5.10 Å². The molecule has 1 atom stereocenters. The van der Waals surface area contributed by atoms with Gasteiger partial charge in [0.15, 0.2) is 17.8 Å². The number of carbonyl (C=O) groups excluding carboxylic acids is 2. The molecule has 8 nitrogen and oxygen atoms in total. The highest BCUT2D eigenvalue weighted by Crippen LogP contribution is 2.44. The van der Waals surface area contributed by atoms with E-state index in [2.05, 4.69) is 15.1 Å². The Morgan fingerprint density at radius 1 is 0.949 bits per heavy atom. The fourth-order valence-electron chi connectivity index (χ4n) is 4.92. The number of hydrogen-bond donors (Lipinski definition) is 0. The first-order valence-electron chi connectivity index (χ1n) is 12.1. The van der Waals surface area contributed by atoms with E-state index in [-0.39, 0.29) is 28.5 Å². The Morgan fingerprint density at radius 3 is 2.54 bits per heavy atom. The van der Waals surface area contributed by atoms with Crippen LogP contribution in [0.25, 0.3) is 28.2 Å². The maximum atomic E-state index is 11.3. The summed E-state index contributed by atoms with van der Waals surface area (Å²) in [5.74, 6) is 0.827. The monoisotopic (exact) mass is 558 g/mol. The predicted molar refractivity (Wildman–Crippen MR) is 147 cm³/mol. The number of aldehydes is 2. The molecule has 1 aliphatic carbocycles. The molecule has 2 aromatic carbocycles. The molecule has 0 radical (unpaired) electrons. The van der Waals surface area contributed by atoms with E-state index in [0.717, 1.165) is 35.0 Å². The first-order chi connectivity index (χ1) is 19.0. The van der Waals surface area contributed by atoms with Crippen LogP contribution >= 0.6 is 23.2 Å². The van der Waals surface area contributed by atoms with E-state index in [9.17, 15) is 9.59 Å². The summed E-state index contributed by atoms with van der Waals surface area (Å²) >= 11 is 13.3. The summed E-state index contributed by atoms with van der Waals surface area (Å²) in [6.45, 7) is 0. The fraction of sp³-hybridized carbons (Fsp3) is 0.138. The maximum Gasteiger partial charge on any atom is 0.236 e. The number of methoxy groups -OCH3 is 1. The molecular formula is C29H20Cl2N4O4. The SMILES string of the molecule is COc1nc(O[C@H]2CCc3c(-c4cccc(-c5nc6cc(C=O)ccn6n5)c4Cl)cccc32)c(Cl)cc1C=O. The molecule has 3 aromatic heterocycles. The van der Waals surface area contributed by atoms with Crippen LogP contribution in [0.15, 0.2) is 60.8 Å².